The van der Waals surface area contributed by atoms with Gasteiger partial charge in [0, 0.05) is 24.8 Å². The predicted octanol–water partition coefficient (Wildman–Crippen LogP) is 1.81. The summed E-state index contributed by atoms with van der Waals surface area (Å²) in [6.45, 7) is 4.33. The summed E-state index contributed by atoms with van der Waals surface area (Å²) in [4.78, 5) is 6.45. The molecule has 1 N–H and O–H groups in total. The second-order valence-electron chi connectivity index (χ2n) is 4.14. The van der Waals surface area contributed by atoms with Crippen molar-refractivity contribution in [2.75, 3.05) is 18.0 Å². The Morgan fingerprint density at radius 3 is 2.93 bits per heavy atom. The van der Waals surface area contributed by atoms with Crippen molar-refractivity contribution in [3.05, 3.63) is 24.0 Å². The van der Waals surface area contributed by atoms with Gasteiger partial charge in [-0.2, -0.15) is 0 Å². The Bertz CT molecular complexity index is 323. The summed E-state index contributed by atoms with van der Waals surface area (Å²) >= 11 is 0. The van der Waals surface area contributed by atoms with Crippen LogP contribution in [0, 0.1) is 5.92 Å². The van der Waals surface area contributed by atoms with Crippen molar-refractivity contribution < 1.29 is 5.11 Å². The highest BCUT2D eigenvalue weighted by molar-refractivity contribution is 5.51. The van der Waals surface area contributed by atoms with Crippen LogP contribution in [-0.4, -0.2) is 23.2 Å². The van der Waals surface area contributed by atoms with Crippen molar-refractivity contribution in [3.8, 4) is 0 Å². The van der Waals surface area contributed by atoms with Crippen LogP contribution in [-0.2, 0) is 6.61 Å². The number of anilines is 1. The van der Waals surface area contributed by atoms with Crippen LogP contribution in [0.25, 0.3) is 0 Å². The fraction of sp³-hybridized carbons (Fsp3) is 0.583. The van der Waals surface area contributed by atoms with Gasteiger partial charge in [0.05, 0.1) is 18.5 Å². The van der Waals surface area contributed by atoms with Gasteiger partial charge >= 0.3 is 0 Å². The van der Waals surface area contributed by atoms with Gasteiger partial charge in [0.15, 0.2) is 0 Å². The molecule has 15 heavy (non-hydrogen) atoms. The molecule has 2 rings (SSSR count). The summed E-state index contributed by atoms with van der Waals surface area (Å²) in [6, 6.07) is 1.89. The molecule has 1 aliphatic rings. The molecule has 0 saturated heterocycles. The second kappa shape index (κ2) is 4.62. The minimum Gasteiger partial charge on any atom is -0.392 e. The third-order valence-electron chi connectivity index (χ3n) is 2.96. The van der Waals surface area contributed by atoms with E-state index in [1.165, 1.54) is 12.8 Å². The van der Waals surface area contributed by atoms with Gasteiger partial charge in [0.2, 0.25) is 0 Å². The lowest BCUT2D eigenvalue weighted by molar-refractivity contribution is 0.282. The van der Waals surface area contributed by atoms with Crippen molar-refractivity contribution in [1.82, 2.24) is 4.98 Å². The molecule has 82 valence electrons. The van der Waals surface area contributed by atoms with E-state index in [1.54, 1.807) is 6.20 Å². The first-order valence-electron chi connectivity index (χ1n) is 5.63. The molecule has 1 saturated carbocycles. The Balaban J connectivity index is 2.15. The van der Waals surface area contributed by atoms with Crippen LogP contribution in [0.4, 0.5) is 5.69 Å². The molecule has 1 fully saturated rings. The summed E-state index contributed by atoms with van der Waals surface area (Å²) in [7, 11) is 0. The Morgan fingerprint density at radius 1 is 1.53 bits per heavy atom. The van der Waals surface area contributed by atoms with E-state index in [9.17, 15) is 5.11 Å². The van der Waals surface area contributed by atoms with Gasteiger partial charge < -0.3 is 10.0 Å². The van der Waals surface area contributed by atoms with E-state index in [-0.39, 0.29) is 6.61 Å². The summed E-state index contributed by atoms with van der Waals surface area (Å²) in [6.07, 6.45) is 6.30. The largest absolute Gasteiger partial charge is 0.392 e. The average Bonchev–Trinajstić information content (AvgIpc) is 3.10. The molecule has 0 unspecified atom stereocenters. The van der Waals surface area contributed by atoms with E-state index < -0.39 is 0 Å². The Kier molecular flexibility index (Phi) is 3.21. The lowest BCUT2D eigenvalue weighted by atomic mass is 10.2. The number of aliphatic hydroxyl groups excluding tert-OH is 1. The average molecular weight is 206 g/mol. The van der Waals surface area contributed by atoms with E-state index in [2.05, 4.69) is 16.8 Å². The maximum atomic E-state index is 9.26. The number of rotatable bonds is 5. The molecule has 0 radical (unpaired) electrons. The molecule has 3 heteroatoms. The van der Waals surface area contributed by atoms with Crippen LogP contribution in [0.3, 0.4) is 0 Å². The van der Waals surface area contributed by atoms with Gasteiger partial charge in [-0.25, -0.2) is 0 Å². The van der Waals surface area contributed by atoms with Crippen LogP contribution in [0.2, 0.25) is 0 Å². The van der Waals surface area contributed by atoms with Crippen molar-refractivity contribution >= 4 is 5.69 Å². The summed E-state index contributed by atoms with van der Waals surface area (Å²) < 4.78 is 0. The van der Waals surface area contributed by atoms with Gasteiger partial charge in [-0.05, 0) is 31.7 Å². The molecule has 0 aromatic carbocycles. The summed E-state index contributed by atoms with van der Waals surface area (Å²) in [5.74, 6) is 0.858. The third-order valence-corrected chi connectivity index (χ3v) is 2.96. The first kappa shape index (κ1) is 10.4. The van der Waals surface area contributed by atoms with Gasteiger partial charge in [0.25, 0.3) is 0 Å². The highest BCUT2D eigenvalue weighted by Crippen LogP contribution is 2.32. The molecule has 3 nitrogen and oxygen atoms in total. The van der Waals surface area contributed by atoms with E-state index in [1.807, 2.05) is 12.3 Å². The Hall–Kier alpha value is -1.09. The zero-order valence-electron chi connectivity index (χ0n) is 9.19. The van der Waals surface area contributed by atoms with Gasteiger partial charge in [-0.1, -0.05) is 0 Å². The zero-order valence-corrected chi connectivity index (χ0v) is 9.19. The number of aromatic nitrogens is 1. The van der Waals surface area contributed by atoms with E-state index in [0.29, 0.717) is 0 Å². The Labute approximate surface area is 90.8 Å². The number of nitrogens with zero attached hydrogens (tertiary/aromatic N) is 2. The van der Waals surface area contributed by atoms with Crippen molar-refractivity contribution in [1.29, 1.82) is 0 Å². The standard InChI is InChI=1S/C12H18N2O/c1-2-14(8-10-3-4-10)12-7-13-6-5-11(12)9-15/h5-7,10,15H,2-4,8-9H2,1H3. The van der Waals surface area contributed by atoms with Gasteiger partial charge in [0.1, 0.15) is 0 Å². The van der Waals surface area contributed by atoms with Crippen LogP contribution in [0.15, 0.2) is 18.5 Å². The van der Waals surface area contributed by atoms with Crippen molar-refractivity contribution in [2.45, 2.75) is 26.4 Å². The van der Waals surface area contributed by atoms with E-state index >= 15 is 0 Å². The highest BCUT2D eigenvalue weighted by atomic mass is 16.3. The molecule has 1 aliphatic carbocycles. The Morgan fingerprint density at radius 2 is 2.33 bits per heavy atom. The van der Waals surface area contributed by atoms with E-state index in [4.69, 9.17) is 0 Å². The smallest absolute Gasteiger partial charge is 0.0703 e. The van der Waals surface area contributed by atoms with Gasteiger partial charge in [-0.15, -0.1) is 0 Å². The molecule has 1 aromatic heterocycles. The van der Waals surface area contributed by atoms with Crippen LogP contribution in [0.5, 0.6) is 0 Å². The number of hydrogen-bond donors (Lipinski definition) is 1. The maximum absolute atomic E-state index is 9.26. The number of pyridine rings is 1. The fourth-order valence-corrected chi connectivity index (χ4v) is 1.84. The van der Waals surface area contributed by atoms with Crippen molar-refractivity contribution in [2.24, 2.45) is 5.92 Å². The molecule has 0 bridgehead atoms. The molecule has 0 spiro atoms. The lowest BCUT2D eigenvalue weighted by Crippen LogP contribution is -2.26. The monoisotopic (exact) mass is 206 g/mol. The fourth-order valence-electron chi connectivity index (χ4n) is 1.84. The lowest BCUT2D eigenvalue weighted by Gasteiger charge is -2.24. The quantitative estimate of drug-likeness (QED) is 0.798. The topological polar surface area (TPSA) is 36.4 Å². The highest BCUT2D eigenvalue weighted by Gasteiger charge is 2.24. The summed E-state index contributed by atoms with van der Waals surface area (Å²) in [5.41, 5.74) is 2.07. The molecule has 1 heterocycles. The van der Waals surface area contributed by atoms with Crippen LogP contribution < -0.4 is 4.90 Å². The maximum Gasteiger partial charge on any atom is 0.0703 e. The van der Waals surface area contributed by atoms with Gasteiger partial charge in [-0.3, -0.25) is 4.98 Å². The minimum absolute atomic E-state index is 0.0962. The molecule has 0 amide bonds. The van der Waals surface area contributed by atoms with Crippen molar-refractivity contribution in [3.63, 3.8) is 0 Å². The second-order valence-corrected chi connectivity index (χ2v) is 4.14. The molecule has 0 aliphatic heterocycles. The normalized spacial score (nSPS) is 15.3. The number of aliphatic hydroxyl groups is 1. The molecule has 1 aromatic rings. The minimum atomic E-state index is 0.0962. The SMILES string of the molecule is CCN(CC1CC1)c1cnccc1CO. The zero-order chi connectivity index (χ0) is 10.7. The number of hydrogen-bond acceptors (Lipinski definition) is 3. The molecular formula is C12H18N2O. The van der Waals surface area contributed by atoms with Crippen LogP contribution >= 0.6 is 0 Å². The van der Waals surface area contributed by atoms with Crippen LogP contribution in [0.1, 0.15) is 25.3 Å². The molecule has 0 atom stereocenters. The third kappa shape index (κ3) is 2.48. The summed E-state index contributed by atoms with van der Waals surface area (Å²) in [5, 5.41) is 9.26. The predicted molar refractivity (Wildman–Crippen MR) is 60.8 cm³/mol. The first-order chi connectivity index (χ1) is 7.35. The first-order valence-corrected chi connectivity index (χ1v) is 5.63. The molecular weight excluding hydrogens is 188 g/mol. The van der Waals surface area contributed by atoms with E-state index in [0.717, 1.165) is 30.3 Å².